The summed E-state index contributed by atoms with van der Waals surface area (Å²) in [6.45, 7) is 2.64. The van der Waals surface area contributed by atoms with Crippen LogP contribution < -0.4 is 14.8 Å². The molecule has 1 aliphatic rings. The minimum absolute atomic E-state index is 0.323. The molecule has 0 fully saturated rings. The minimum Gasteiger partial charge on any atom is -0.486 e. The molecule has 0 aromatic heterocycles. The lowest BCUT2D eigenvalue weighted by Gasteiger charge is -2.19. The maximum Gasteiger partial charge on any atom is 0.248 e. The van der Waals surface area contributed by atoms with Gasteiger partial charge in [0.1, 0.15) is 19.0 Å². The molecular weight excluding hydrogens is 333 g/mol. The van der Waals surface area contributed by atoms with Crippen LogP contribution in [0.2, 0.25) is 5.02 Å². The number of anilines is 1. The highest BCUT2D eigenvalue weighted by Crippen LogP contribution is 2.38. The fourth-order valence-corrected chi connectivity index (χ4v) is 2.61. The summed E-state index contributed by atoms with van der Waals surface area (Å²) in [4.78, 5) is 12.0. The monoisotopic (exact) mass is 347 g/mol. The lowest BCUT2D eigenvalue weighted by atomic mass is 10.1. The molecule has 24 heavy (non-hydrogen) atoms. The SMILES string of the molecule is Cc1cc(F)ccc1NC(=O)C=Cc1cc(Cl)c2c(c1)OCCO2. The van der Waals surface area contributed by atoms with Crippen LogP contribution in [-0.4, -0.2) is 19.1 Å². The van der Waals surface area contributed by atoms with Crippen LogP contribution in [0.1, 0.15) is 11.1 Å². The highest BCUT2D eigenvalue weighted by Gasteiger charge is 2.16. The van der Waals surface area contributed by atoms with Gasteiger partial charge in [0.2, 0.25) is 5.91 Å². The summed E-state index contributed by atoms with van der Waals surface area (Å²) >= 11 is 6.15. The lowest BCUT2D eigenvalue weighted by molar-refractivity contribution is -0.111. The van der Waals surface area contributed by atoms with Crippen molar-refractivity contribution in [3.8, 4) is 11.5 Å². The highest BCUT2D eigenvalue weighted by atomic mass is 35.5. The normalized spacial score (nSPS) is 13.1. The maximum absolute atomic E-state index is 13.1. The molecule has 6 heteroatoms. The Morgan fingerprint density at radius 1 is 1.25 bits per heavy atom. The number of nitrogens with one attached hydrogen (secondary N) is 1. The largest absolute Gasteiger partial charge is 0.486 e. The van der Waals surface area contributed by atoms with Crippen molar-refractivity contribution in [3.63, 3.8) is 0 Å². The van der Waals surface area contributed by atoms with E-state index in [0.29, 0.717) is 41.0 Å². The fraction of sp³-hybridized carbons (Fsp3) is 0.167. The van der Waals surface area contributed by atoms with Crippen LogP contribution in [0.4, 0.5) is 10.1 Å². The van der Waals surface area contributed by atoms with Crippen molar-refractivity contribution in [2.45, 2.75) is 6.92 Å². The molecule has 0 saturated carbocycles. The third-order valence-electron chi connectivity index (χ3n) is 3.49. The Hall–Kier alpha value is -2.53. The molecule has 3 rings (SSSR count). The molecule has 0 spiro atoms. The molecule has 0 unspecified atom stereocenters. The van der Waals surface area contributed by atoms with E-state index < -0.39 is 0 Å². The zero-order valence-electron chi connectivity index (χ0n) is 12.9. The second-order valence-electron chi connectivity index (χ2n) is 5.31. The van der Waals surface area contributed by atoms with Gasteiger partial charge in [0, 0.05) is 11.8 Å². The van der Waals surface area contributed by atoms with Gasteiger partial charge in [-0.1, -0.05) is 11.6 Å². The number of rotatable bonds is 3. The number of hydrogen-bond acceptors (Lipinski definition) is 3. The second kappa shape index (κ2) is 6.93. The number of halogens is 2. The van der Waals surface area contributed by atoms with Crippen molar-refractivity contribution in [2.75, 3.05) is 18.5 Å². The van der Waals surface area contributed by atoms with Crippen molar-refractivity contribution in [1.82, 2.24) is 0 Å². The molecule has 2 aromatic rings. The van der Waals surface area contributed by atoms with Gasteiger partial charge in [0.05, 0.1) is 5.02 Å². The van der Waals surface area contributed by atoms with E-state index in [-0.39, 0.29) is 11.7 Å². The molecule has 0 atom stereocenters. The first-order valence-corrected chi connectivity index (χ1v) is 7.75. The van der Waals surface area contributed by atoms with Crippen molar-refractivity contribution < 1.29 is 18.7 Å². The summed E-state index contributed by atoms with van der Waals surface area (Å²) < 4.78 is 24.0. The van der Waals surface area contributed by atoms with E-state index in [4.69, 9.17) is 21.1 Å². The highest BCUT2D eigenvalue weighted by molar-refractivity contribution is 6.32. The van der Waals surface area contributed by atoms with Gasteiger partial charge in [-0.3, -0.25) is 4.79 Å². The second-order valence-corrected chi connectivity index (χ2v) is 5.72. The van der Waals surface area contributed by atoms with Gasteiger partial charge in [-0.2, -0.15) is 0 Å². The van der Waals surface area contributed by atoms with Gasteiger partial charge >= 0.3 is 0 Å². The average molecular weight is 348 g/mol. The Balaban J connectivity index is 1.73. The Morgan fingerprint density at radius 2 is 2.04 bits per heavy atom. The Labute approximate surface area is 143 Å². The number of ether oxygens (including phenoxy) is 2. The van der Waals surface area contributed by atoms with Crippen molar-refractivity contribution in [2.24, 2.45) is 0 Å². The Morgan fingerprint density at radius 3 is 2.83 bits per heavy atom. The van der Waals surface area contributed by atoms with Crippen LogP contribution in [0.5, 0.6) is 11.5 Å². The topological polar surface area (TPSA) is 47.6 Å². The summed E-state index contributed by atoms with van der Waals surface area (Å²) in [5, 5.41) is 3.14. The van der Waals surface area contributed by atoms with Crippen LogP contribution in [-0.2, 0) is 4.79 Å². The van der Waals surface area contributed by atoms with Gasteiger partial charge in [-0.05, 0) is 54.5 Å². The number of fused-ring (bicyclic) bond motifs is 1. The first kappa shape index (κ1) is 16.3. The van der Waals surface area contributed by atoms with Crippen molar-refractivity contribution in [3.05, 3.63) is 58.4 Å². The number of hydrogen-bond donors (Lipinski definition) is 1. The van der Waals surface area contributed by atoms with E-state index in [1.165, 1.54) is 24.3 Å². The van der Waals surface area contributed by atoms with Crippen molar-refractivity contribution >= 4 is 29.3 Å². The van der Waals surface area contributed by atoms with Crippen LogP contribution in [0.15, 0.2) is 36.4 Å². The van der Waals surface area contributed by atoms with E-state index in [1.807, 2.05) is 0 Å². The van der Waals surface area contributed by atoms with Crippen LogP contribution in [0, 0.1) is 12.7 Å². The molecule has 1 amide bonds. The molecule has 2 aromatic carbocycles. The predicted octanol–water partition coefficient (Wildman–Crippen LogP) is 4.21. The van der Waals surface area contributed by atoms with Gasteiger partial charge in [-0.25, -0.2) is 4.39 Å². The average Bonchev–Trinajstić information content (AvgIpc) is 2.56. The molecular formula is C18H15ClFNO3. The number of aryl methyl sites for hydroxylation is 1. The summed E-state index contributed by atoms with van der Waals surface area (Å²) in [6, 6.07) is 7.64. The molecule has 1 heterocycles. The number of benzene rings is 2. The van der Waals surface area contributed by atoms with Gasteiger partial charge < -0.3 is 14.8 Å². The summed E-state index contributed by atoms with van der Waals surface area (Å²) in [5.74, 6) is 0.414. The number of carbonyl (C=O) groups is 1. The van der Waals surface area contributed by atoms with Gasteiger partial charge in [0.25, 0.3) is 0 Å². The molecule has 0 saturated heterocycles. The van der Waals surface area contributed by atoms with Gasteiger partial charge in [0.15, 0.2) is 11.5 Å². The van der Waals surface area contributed by atoms with E-state index in [1.54, 1.807) is 25.1 Å². The smallest absolute Gasteiger partial charge is 0.248 e. The molecule has 4 nitrogen and oxygen atoms in total. The van der Waals surface area contributed by atoms with Crippen molar-refractivity contribution in [1.29, 1.82) is 0 Å². The first-order chi connectivity index (χ1) is 11.5. The molecule has 1 aliphatic heterocycles. The van der Waals surface area contributed by atoms with Crippen LogP contribution >= 0.6 is 11.6 Å². The van der Waals surface area contributed by atoms with Crippen LogP contribution in [0.3, 0.4) is 0 Å². The fourth-order valence-electron chi connectivity index (χ4n) is 2.34. The maximum atomic E-state index is 13.1. The summed E-state index contributed by atoms with van der Waals surface area (Å²) in [7, 11) is 0. The van der Waals surface area contributed by atoms with E-state index in [0.717, 1.165) is 5.56 Å². The third-order valence-corrected chi connectivity index (χ3v) is 3.77. The molecule has 124 valence electrons. The molecule has 0 aliphatic carbocycles. The first-order valence-electron chi connectivity index (χ1n) is 7.37. The van der Waals surface area contributed by atoms with Crippen LogP contribution in [0.25, 0.3) is 6.08 Å². The third kappa shape index (κ3) is 3.68. The molecule has 0 bridgehead atoms. The zero-order chi connectivity index (χ0) is 17.1. The number of amides is 1. The van der Waals surface area contributed by atoms with E-state index in [2.05, 4.69) is 5.32 Å². The molecule has 0 radical (unpaired) electrons. The predicted molar refractivity (Wildman–Crippen MR) is 91.2 cm³/mol. The summed E-state index contributed by atoms with van der Waals surface area (Å²) in [5.41, 5.74) is 1.93. The lowest BCUT2D eigenvalue weighted by Crippen LogP contribution is -2.15. The number of carbonyl (C=O) groups excluding carboxylic acids is 1. The molecule has 1 N–H and O–H groups in total. The zero-order valence-corrected chi connectivity index (χ0v) is 13.7. The van der Waals surface area contributed by atoms with E-state index >= 15 is 0 Å². The summed E-state index contributed by atoms with van der Waals surface area (Å²) in [6.07, 6.45) is 3.00. The van der Waals surface area contributed by atoms with E-state index in [9.17, 15) is 9.18 Å². The standard InChI is InChI=1S/C18H15ClFNO3/c1-11-8-13(20)3-4-15(11)21-17(22)5-2-12-9-14(19)18-16(10-12)23-6-7-24-18/h2-5,8-10H,6-7H2,1H3,(H,21,22). The Kier molecular flexibility index (Phi) is 4.71. The van der Waals surface area contributed by atoms with Gasteiger partial charge in [-0.15, -0.1) is 0 Å². The Bertz CT molecular complexity index is 820. The minimum atomic E-state index is -0.341. The quantitative estimate of drug-likeness (QED) is 0.846.